The van der Waals surface area contributed by atoms with Crippen LogP contribution in [0.15, 0.2) is 18.2 Å². The third kappa shape index (κ3) is 3.70. The predicted octanol–water partition coefficient (Wildman–Crippen LogP) is 2.73. The van der Waals surface area contributed by atoms with E-state index in [4.69, 9.17) is 9.47 Å². The lowest BCUT2D eigenvalue weighted by molar-refractivity contribution is -0.137. The third-order valence-electron chi connectivity index (χ3n) is 3.35. The van der Waals surface area contributed by atoms with E-state index in [-0.39, 0.29) is 12.2 Å². The van der Waals surface area contributed by atoms with Gasteiger partial charge in [-0.1, -0.05) is 12.1 Å². The number of rotatable bonds is 3. The number of ether oxygens (including phenoxy) is 2. The van der Waals surface area contributed by atoms with Gasteiger partial charge in [-0.15, -0.1) is 0 Å². The van der Waals surface area contributed by atoms with Crippen molar-refractivity contribution in [1.82, 2.24) is 0 Å². The van der Waals surface area contributed by atoms with Crippen LogP contribution in [0.2, 0.25) is 0 Å². The molecule has 0 bridgehead atoms. The van der Waals surface area contributed by atoms with E-state index in [1.165, 1.54) is 4.90 Å². The predicted molar refractivity (Wildman–Crippen MR) is 84.7 cm³/mol. The molecule has 124 valence electrons. The summed E-state index contributed by atoms with van der Waals surface area (Å²) in [5.74, 6) is -1.56. The van der Waals surface area contributed by atoms with Crippen LogP contribution in [0.3, 0.4) is 0 Å². The fraction of sp³-hybridized carbons (Fsp3) is 0.471. The zero-order valence-corrected chi connectivity index (χ0v) is 13.8. The van der Waals surface area contributed by atoms with E-state index in [1.807, 2.05) is 0 Å². The molecule has 0 fully saturated rings. The second kappa shape index (κ2) is 6.40. The Morgan fingerprint density at radius 3 is 2.52 bits per heavy atom. The first-order chi connectivity index (χ1) is 10.7. The van der Waals surface area contributed by atoms with Crippen LogP contribution in [-0.4, -0.2) is 36.6 Å². The largest absolute Gasteiger partial charge is 0.460 e. The summed E-state index contributed by atoms with van der Waals surface area (Å²) in [6.45, 7) is 7.58. The van der Waals surface area contributed by atoms with Gasteiger partial charge in [-0.2, -0.15) is 0 Å². The van der Waals surface area contributed by atoms with Gasteiger partial charge >= 0.3 is 12.1 Å². The second-order valence-electron chi connectivity index (χ2n) is 6.23. The van der Waals surface area contributed by atoms with Crippen LogP contribution in [0.4, 0.5) is 10.5 Å². The number of Topliss-reactive ketones (excluding diaryl/α,β-unsaturated/α-hetero) is 1. The summed E-state index contributed by atoms with van der Waals surface area (Å²) in [6.07, 6.45) is 0.0348. The highest BCUT2D eigenvalue weighted by Crippen LogP contribution is 2.32. The van der Waals surface area contributed by atoms with Crippen molar-refractivity contribution in [3.63, 3.8) is 0 Å². The number of carbonyl (C=O) groups is 3. The van der Waals surface area contributed by atoms with E-state index in [0.29, 0.717) is 24.2 Å². The maximum absolute atomic E-state index is 12.3. The van der Waals surface area contributed by atoms with Gasteiger partial charge in [0, 0.05) is 12.1 Å². The summed E-state index contributed by atoms with van der Waals surface area (Å²) >= 11 is 0. The maximum atomic E-state index is 12.3. The summed E-state index contributed by atoms with van der Waals surface area (Å²) in [5.41, 5.74) is 0.968. The summed E-state index contributed by atoms with van der Waals surface area (Å²) in [7, 11) is 0. The molecule has 1 aromatic carbocycles. The Bertz CT molecular complexity index is 645. The minimum Gasteiger partial charge on any atom is -0.460 e. The molecule has 1 aliphatic rings. The summed E-state index contributed by atoms with van der Waals surface area (Å²) in [5, 5.41) is 0. The van der Waals surface area contributed by atoms with Gasteiger partial charge in [-0.3, -0.25) is 9.69 Å². The van der Waals surface area contributed by atoms with Gasteiger partial charge in [-0.05, 0) is 45.7 Å². The van der Waals surface area contributed by atoms with Gasteiger partial charge in [-0.25, -0.2) is 9.59 Å². The smallest absolute Gasteiger partial charge is 0.414 e. The zero-order chi connectivity index (χ0) is 17.2. The van der Waals surface area contributed by atoms with Crippen LogP contribution in [0, 0.1) is 0 Å². The third-order valence-corrected chi connectivity index (χ3v) is 3.35. The first kappa shape index (κ1) is 17.0. The number of amides is 1. The number of hydrogen-bond donors (Lipinski definition) is 0. The van der Waals surface area contributed by atoms with E-state index in [2.05, 4.69) is 0 Å². The Morgan fingerprint density at radius 1 is 1.22 bits per heavy atom. The lowest BCUT2D eigenvalue weighted by atomic mass is 10.0. The topological polar surface area (TPSA) is 72.9 Å². The molecule has 0 atom stereocenters. The molecule has 0 aromatic heterocycles. The van der Waals surface area contributed by atoms with Crippen molar-refractivity contribution in [2.75, 3.05) is 18.1 Å². The van der Waals surface area contributed by atoms with Gasteiger partial charge in [0.05, 0.1) is 12.3 Å². The zero-order valence-electron chi connectivity index (χ0n) is 13.8. The molecule has 0 saturated heterocycles. The van der Waals surface area contributed by atoms with Gasteiger partial charge < -0.3 is 9.47 Å². The molecule has 6 nitrogen and oxygen atoms in total. The molecule has 0 radical (unpaired) electrons. The standard InChI is InChI=1S/C17H21NO5/c1-5-22-15(20)14(19)12-7-6-8-13-11(12)9-10-18(13)16(21)23-17(2,3)4/h6-8H,5,9-10H2,1-4H3. The highest BCUT2D eigenvalue weighted by molar-refractivity contribution is 6.41. The quantitative estimate of drug-likeness (QED) is 0.486. The number of fused-ring (bicyclic) bond motifs is 1. The Hall–Kier alpha value is -2.37. The van der Waals surface area contributed by atoms with Crippen molar-refractivity contribution in [1.29, 1.82) is 0 Å². The molecule has 1 aliphatic heterocycles. The Morgan fingerprint density at radius 2 is 1.91 bits per heavy atom. The Balaban J connectivity index is 2.29. The number of esters is 1. The van der Waals surface area contributed by atoms with E-state index in [9.17, 15) is 14.4 Å². The average molecular weight is 319 g/mol. The monoisotopic (exact) mass is 319 g/mol. The highest BCUT2D eigenvalue weighted by atomic mass is 16.6. The minimum absolute atomic E-state index is 0.142. The molecule has 0 aliphatic carbocycles. The first-order valence-corrected chi connectivity index (χ1v) is 7.58. The van der Waals surface area contributed by atoms with Gasteiger partial charge in [0.25, 0.3) is 5.78 Å². The summed E-state index contributed by atoms with van der Waals surface area (Å²) < 4.78 is 10.1. The molecule has 23 heavy (non-hydrogen) atoms. The number of anilines is 1. The van der Waals surface area contributed by atoms with Gasteiger partial charge in [0.2, 0.25) is 0 Å². The lowest BCUT2D eigenvalue weighted by Gasteiger charge is -2.24. The fourth-order valence-electron chi connectivity index (χ4n) is 2.46. The molecule has 2 rings (SSSR count). The molecule has 0 N–H and O–H groups in total. The second-order valence-corrected chi connectivity index (χ2v) is 6.23. The van der Waals surface area contributed by atoms with Gasteiger partial charge in [0.1, 0.15) is 5.60 Å². The van der Waals surface area contributed by atoms with Crippen molar-refractivity contribution in [2.24, 2.45) is 0 Å². The van der Waals surface area contributed by atoms with Crippen LogP contribution in [0.25, 0.3) is 0 Å². The highest BCUT2D eigenvalue weighted by Gasteiger charge is 2.32. The maximum Gasteiger partial charge on any atom is 0.414 e. The molecule has 1 aromatic rings. The Labute approximate surface area is 135 Å². The van der Waals surface area contributed by atoms with E-state index < -0.39 is 23.4 Å². The molecular weight excluding hydrogens is 298 g/mol. The van der Waals surface area contributed by atoms with Crippen LogP contribution >= 0.6 is 0 Å². The number of hydrogen-bond acceptors (Lipinski definition) is 5. The number of nitrogens with zero attached hydrogens (tertiary/aromatic N) is 1. The normalized spacial score (nSPS) is 13.5. The average Bonchev–Trinajstić information content (AvgIpc) is 2.88. The molecule has 0 saturated carbocycles. The molecular formula is C17H21NO5. The molecule has 1 amide bonds. The minimum atomic E-state index is -0.878. The van der Waals surface area contributed by atoms with Crippen LogP contribution in [0.5, 0.6) is 0 Å². The van der Waals surface area contributed by atoms with Crippen molar-refractivity contribution in [3.05, 3.63) is 29.3 Å². The number of benzene rings is 1. The first-order valence-electron chi connectivity index (χ1n) is 7.58. The Kier molecular flexibility index (Phi) is 4.73. The molecule has 0 unspecified atom stereocenters. The van der Waals surface area contributed by atoms with Crippen molar-refractivity contribution >= 4 is 23.5 Å². The lowest BCUT2D eigenvalue weighted by Crippen LogP contribution is -2.35. The number of ketones is 1. The number of carbonyl (C=O) groups excluding carboxylic acids is 3. The van der Waals surface area contributed by atoms with E-state index >= 15 is 0 Å². The van der Waals surface area contributed by atoms with Gasteiger partial charge in [0.15, 0.2) is 0 Å². The van der Waals surface area contributed by atoms with E-state index in [0.717, 1.165) is 0 Å². The van der Waals surface area contributed by atoms with Crippen molar-refractivity contribution in [3.8, 4) is 0 Å². The SMILES string of the molecule is CCOC(=O)C(=O)c1cccc2c1CCN2C(=O)OC(C)(C)C. The van der Waals surface area contributed by atoms with E-state index in [1.54, 1.807) is 45.9 Å². The van der Waals surface area contributed by atoms with Crippen LogP contribution in [0.1, 0.15) is 43.6 Å². The molecule has 0 spiro atoms. The van der Waals surface area contributed by atoms with Crippen molar-refractivity contribution < 1.29 is 23.9 Å². The van der Waals surface area contributed by atoms with Crippen LogP contribution in [-0.2, 0) is 20.7 Å². The summed E-state index contributed by atoms with van der Waals surface area (Å²) in [4.78, 5) is 37.6. The summed E-state index contributed by atoms with van der Waals surface area (Å²) in [6, 6.07) is 4.97. The van der Waals surface area contributed by atoms with Crippen LogP contribution < -0.4 is 4.90 Å². The molecule has 1 heterocycles. The fourth-order valence-corrected chi connectivity index (χ4v) is 2.46. The van der Waals surface area contributed by atoms with Crippen molar-refractivity contribution in [2.45, 2.75) is 39.7 Å². The molecule has 6 heteroatoms.